The Balaban J connectivity index is 0.00000210. The van der Waals surface area contributed by atoms with Crippen molar-refractivity contribution in [2.24, 2.45) is 11.3 Å². The Morgan fingerprint density at radius 3 is 2.81 bits per heavy atom. The number of anilines is 1. The van der Waals surface area contributed by atoms with Crippen molar-refractivity contribution in [1.29, 1.82) is 0 Å². The molecule has 0 aromatic heterocycles. The van der Waals surface area contributed by atoms with Gasteiger partial charge >= 0.3 is 6.03 Å². The molecular formula is C19H25ClN4O3. The zero-order chi connectivity index (χ0) is 18.4. The quantitative estimate of drug-likeness (QED) is 0.590. The Labute approximate surface area is 164 Å². The van der Waals surface area contributed by atoms with Gasteiger partial charge in [0.05, 0.1) is 5.41 Å². The van der Waals surface area contributed by atoms with Gasteiger partial charge in [0.25, 0.3) is 5.91 Å². The topological polar surface area (TPSA) is 99.3 Å². The van der Waals surface area contributed by atoms with Crippen molar-refractivity contribution in [2.75, 3.05) is 18.4 Å². The molecule has 3 fully saturated rings. The first kappa shape index (κ1) is 19.6. The minimum atomic E-state index is -1.13. The summed E-state index contributed by atoms with van der Waals surface area (Å²) in [4.78, 5) is 36.8. The molecule has 4 N–H and O–H groups in total. The summed E-state index contributed by atoms with van der Waals surface area (Å²) in [6.07, 6.45) is 4.26. The van der Waals surface area contributed by atoms with Crippen molar-refractivity contribution >= 4 is 35.9 Å². The molecule has 2 saturated heterocycles. The minimum Gasteiger partial charge on any atom is -0.326 e. The first-order chi connectivity index (χ1) is 12.4. The predicted molar refractivity (Wildman–Crippen MR) is 104 cm³/mol. The van der Waals surface area contributed by atoms with Crippen LogP contribution in [0.4, 0.5) is 10.5 Å². The summed E-state index contributed by atoms with van der Waals surface area (Å²) >= 11 is 0. The van der Waals surface area contributed by atoms with Crippen molar-refractivity contribution in [3.8, 4) is 0 Å². The van der Waals surface area contributed by atoms with Crippen LogP contribution in [0.1, 0.15) is 38.2 Å². The third-order valence-electron chi connectivity index (χ3n) is 6.23. The number of rotatable bonds is 3. The van der Waals surface area contributed by atoms with Crippen LogP contribution >= 0.6 is 12.4 Å². The molecule has 27 heavy (non-hydrogen) atoms. The van der Waals surface area contributed by atoms with Crippen LogP contribution < -0.4 is 21.3 Å². The Morgan fingerprint density at radius 2 is 2.07 bits per heavy atom. The maximum Gasteiger partial charge on any atom is 0.322 e. The fourth-order valence-electron chi connectivity index (χ4n) is 4.60. The average molecular weight is 393 g/mol. The average Bonchev–Trinajstić information content (AvgIpc) is 3.17. The highest BCUT2D eigenvalue weighted by molar-refractivity contribution is 6.07. The highest BCUT2D eigenvalue weighted by Gasteiger charge is 2.50. The van der Waals surface area contributed by atoms with Gasteiger partial charge in [0.1, 0.15) is 5.54 Å². The number of imide groups is 1. The lowest BCUT2D eigenvalue weighted by Gasteiger charge is -2.37. The smallest absolute Gasteiger partial charge is 0.322 e. The molecule has 1 aliphatic carbocycles. The van der Waals surface area contributed by atoms with Crippen LogP contribution in [0, 0.1) is 11.3 Å². The number of carbonyl (C=O) groups is 3. The summed E-state index contributed by atoms with van der Waals surface area (Å²) in [5.74, 6) is 0.0446. The van der Waals surface area contributed by atoms with Gasteiger partial charge in [-0.15, -0.1) is 12.4 Å². The lowest BCUT2D eigenvalue weighted by atomic mass is 9.67. The molecule has 2 heterocycles. The van der Waals surface area contributed by atoms with Crippen LogP contribution in [0.25, 0.3) is 0 Å². The van der Waals surface area contributed by atoms with Crippen LogP contribution in [0.5, 0.6) is 0 Å². The first-order valence-corrected chi connectivity index (χ1v) is 9.20. The summed E-state index contributed by atoms with van der Waals surface area (Å²) in [6.45, 7) is 3.28. The molecule has 7 nitrogen and oxygen atoms in total. The molecule has 8 heteroatoms. The minimum absolute atomic E-state index is 0. The molecule has 1 aromatic rings. The number of carbonyl (C=O) groups excluding carboxylic acids is 3. The van der Waals surface area contributed by atoms with Crippen molar-refractivity contribution in [3.05, 3.63) is 29.8 Å². The second kappa shape index (κ2) is 7.13. The molecule has 3 aliphatic rings. The van der Waals surface area contributed by atoms with Crippen molar-refractivity contribution in [3.63, 3.8) is 0 Å². The Bertz CT molecular complexity index is 786. The van der Waals surface area contributed by atoms with Gasteiger partial charge < -0.3 is 16.0 Å². The van der Waals surface area contributed by atoms with Crippen LogP contribution in [-0.4, -0.2) is 30.9 Å². The molecule has 1 aromatic carbocycles. The highest BCUT2D eigenvalue weighted by atomic mass is 35.5. The number of benzene rings is 1. The standard InChI is InChI=1S/C19H24N4O3.ClH/c1-18(15(24)22-17(26)23-18)12-6-4-7-14(9-12)21-16(25)19-8-3-2-5-13(19)10-20-11-19;/h4,6-7,9,13,20H,2-3,5,8,10-11H2,1H3,(H,21,25)(H2,22,23,24,26);1H/t13-,18?,19+;/m0./s1. The van der Waals surface area contributed by atoms with Gasteiger partial charge in [0.2, 0.25) is 5.91 Å². The number of amides is 4. The van der Waals surface area contributed by atoms with E-state index < -0.39 is 17.5 Å². The van der Waals surface area contributed by atoms with Crippen LogP contribution in [-0.2, 0) is 15.1 Å². The molecule has 0 radical (unpaired) electrons. The van der Waals surface area contributed by atoms with Gasteiger partial charge in [-0.3, -0.25) is 14.9 Å². The summed E-state index contributed by atoms with van der Waals surface area (Å²) in [5, 5.41) is 11.4. The Kier molecular flexibility index (Phi) is 5.18. The van der Waals surface area contributed by atoms with E-state index in [0.29, 0.717) is 17.2 Å². The van der Waals surface area contributed by atoms with E-state index in [-0.39, 0.29) is 23.7 Å². The van der Waals surface area contributed by atoms with Crippen molar-refractivity contribution in [2.45, 2.75) is 38.1 Å². The van der Waals surface area contributed by atoms with Crippen LogP contribution in [0.15, 0.2) is 24.3 Å². The summed E-state index contributed by atoms with van der Waals surface area (Å²) in [6, 6.07) is 6.64. The molecule has 3 atom stereocenters. The fourth-order valence-corrected chi connectivity index (χ4v) is 4.60. The largest absolute Gasteiger partial charge is 0.326 e. The third-order valence-corrected chi connectivity index (χ3v) is 6.23. The molecule has 4 rings (SSSR count). The van der Waals surface area contributed by atoms with Crippen LogP contribution in [0.2, 0.25) is 0 Å². The Hall–Kier alpha value is -2.12. The second-order valence-electron chi connectivity index (χ2n) is 7.80. The number of urea groups is 1. The zero-order valence-corrected chi connectivity index (χ0v) is 16.1. The lowest BCUT2D eigenvalue weighted by molar-refractivity contribution is -0.128. The maximum absolute atomic E-state index is 13.1. The van der Waals surface area contributed by atoms with Crippen LogP contribution in [0.3, 0.4) is 0 Å². The van der Waals surface area contributed by atoms with E-state index in [4.69, 9.17) is 0 Å². The molecular weight excluding hydrogens is 368 g/mol. The van der Waals surface area contributed by atoms with Gasteiger partial charge in [0.15, 0.2) is 0 Å². The second-order valence-corrected chi connectivity index (χ2v) is 7.80. The normalized spacial score (nSPS) is 32.1. The molecule has 2 aliphatic heterocycles. The molecule has 1 unspecified atom stereocenters. The van der Waals surface area contributed by atoms with E-state index in [1.165, 1.54) is 6.42 Å². The summed E-state index contributed by atoms with van der Waals surface area (Å²) in [5.41, 5.74) is -0.177. The van der Waals surface area contributed by atoms with E-state index in [0.717, 1.165) is 32.4 Å². The number of hydrogen-bond donors (Lipinski definition) is 4. The van der Waals surface area contributed by atoms with Crippen molar-refractivity contribution < 1.29 is 14.4 Å². The first-order valence-electron chi connectivity index (χ1n) is 9.20. The van der Waals surface area contributed by atoms with E-state index in [9.17, 15) is 14.4 Å². The lowest BCUT2D eigenvalue weighted by Crippen LogP contribution is -2.44. The number of nitrogens with one attached hydrogen (secondary N) is 4. The van der Waals surface area contributed by atoms with Gasteiger partial charge in [-0.25, -0.2) is 4.79 Å². The van der Waals surface area contributed by atoms with E-state index in [2.05, 4.69) is 21.3 Å². The number of fused-ring (bicyclic) bond motifs is 1. The molecule has 1 saturated carbocycles. The van der Waals surface area contributed by atoms with Gasteiger partial charge in [-0.1, -0.05) is 25.0 Å². The number of halogens is 1. The van der Waals surface area contributed by atoms with E-state index in [1.807, 2.05) is 6.07 Å². The highest BCUT2D eigenvalue weighted by Crippen LogP contribution is 2.44. The summed E-state index contributed by atoms with van der Waals surface area (Å²) < 4.78 is 0. The molecule has 4 amide bonds. The van der Waals surface area contributed by atoms with Gasteiger partial charge in [-0.2, -0.15) is 0 Å². The zero-order valence-electron chi connectivity index (χ0n) is 15.3. The van der Waals surface area contributed by atoms with Gasteiger partial charge in [-0.05, 0) is 49.9 Å². The number of hydrogen-bond acceptors (Lipinski definition) is 4. The third kappa shape index (κ3) is 3.19. The van der Waals surface area contributed by atoms with E-state index in [1.54, 1.807) is 25.1 Å². The maximum atomic E-state index is 13.1. The molecule has 0 spiro atoms. The van der Waals surface area contributed by atoms with Crippen molar-refractivity contribution in [1.82, 2.24) is 16.0 Å². The predicted octanol–water partition coefficient (Wildman–Crippen LogP) is 1.88. The Morgan fingerprint density at radius 1 is 1.26 bits per heavy atom. The monoisotopic (exact) mass is 392 g/mol. The summed E-state index contributed by atoms with van der Waals surface area (Å²) in [7, 11) is 0. The fraction of sp³-hybridized carbons (Fsp3) is 0.526. The molecule has 146 valence electrons. The molecule has 0 bridgehead atoms. The van der Waals surface area contributed by atoms with E-state index >= 15 is 0 Å². The van der Waals surface area contributed by atoms with Gasteiger partial charge in [0, 0.05) is 12.2 Å². The SMILES string of the molecule is CC1(c2cccc(NC(=O)[C@@]34CCCC[C@H]3CNC4)c2)NC(=O)NC1=O.Cl.